The van der Waals surface area contributed by atoms with Gasteiger partial charge in [-0.2, -0.15) is 5.26 Å². The van der Waals surface area contributed by atoms with E-state index in [-0.39, 0.29) is 23.3 Å². The largest absolute Gasteiger partial charge is 0.494 e. The third-order valence-corrected chi connectivity index (χ3v) is 6.67. The van der Waals surface area contributed by atoms with E-state index in [0.717, 1.165) is 12.8 Å². The molecule has 0 unspecified atom stereocenters. The molecule has 0 aliphatic carbocycles. The van der Waals surface area contributed by atoms with Crippen LogP contribution in [0.25, 0.3) is 21.6 Å². The average Bonchev–Trinajstić information content (AvgIpc) is 3.24. The third-order valence-electron chi connectivity index (χ3n) is 5.50. The summed E-state index contributed by atoms with van der Waals surface area (Å²) in [5, 5.41) is 9.03. The van der Waals surface area contributed by atoms with Crippen molar-refractivity contribution >= 4 is 17.2 Å². The van der Waals surface area contributed by atoms with Crippen molar-refractivity contribution in [3.63, 3.8) is 0 Å². The number of benzene rings is 2. The van der Waals surface area contributed by atoms with Crippen LogP contribution in [0.3, 0.4) is 0 Å². The molecule has 1 aromatic heterocycles. The SMILES string of the molecule is COc1ccc(-c2sc(C(=O)N3CCC[C@@H](N)C3)cc2-c2ccc(C#N)c(F)c2)cc1F. The van der Waals surface area contributed by atoms with Gasteiger partial charge in [0, 0.05) is 29.6 Å². The number of hydrogen-bond acceptors (Lipinski definition) is 5. The maximum Gasteiger partial charge on any atom is 0.264 e. The van der Waals surface area contributed by atoms with Gasteiger partial charge in [-0.15, -0.1) is 11.3 Å². The second kappa shape index (κ2) is 9.07. The summed E-state index contributed by atoms with van der Waals surface area (Å²) in [5.74, 6) is -1.24. The number of piperidine rings is 1. The summed E-state index contributed by atoms with van der Waals surface area (Å²) in [6.45, 7) is 1.10. The summed E-state index contributed by atoms with van der Waals surface area (Å²) >= 11 is 1.22. The summed E-state index contributed by atoms with van der Waals surface area (Å²) in [6, 6.07) is 12.3. The van der Waals surface area contributed by atoms with Crippen LogP contribution in [0, 0.1) is 23.0 Å². The number of methoxy groups -OCH3 is 1. The number of carbonyl (C=O) groups is 1. The van der Waals surface area contributed by atoms with Gasteiger partial charge in [-0.25, -0.2) is 8.78 Å². The van der Waals surface area contributed by atoms with Gasteiger partial charge >= 0.3 is 0 Å². The number of halogens is 2. The lowest BCUT2D eigenvalue weighted by Crippen LogP contribution is -2.45. The van der Waals surface area contributed by atoms with Crippen LogP contribution in [0.15, 0.2) is 42.5 Å². The zero-order valence-electron chi connectivity index (χ0n) is 17.4. The molecular weight excluding hydrogens is 432 g/mol. The first-order valence-electron chi connectivity index (χ1n) is 10.1. The van der Waals surface area contributed by atoms with Crippen LogP contribution < -0.4 is 10.5 Å². The first kappa shape index (κ1) is 21.9. The molecule has 32 heavy (non-hydrogen) atoms. The number of nitrogens with zero attached hydrogens (tertiary/aromatic N) is 2. The lowest BCUT2D eigenvalue weighted by Gasteiger charge is -2.30. The summed E-state index contributed by atoms with van der Waals surface area (Å²) in [6.07, 6.45) is 1.71. The highest BCUT2D eigenvalue weighted by atomic mass is 32.1. The topological polar surface area (TPSA) is 79.3 Å². The van der Waals surface area contributed by atoms with Crippen LogP contribution in [-0.4, -0.2) is 37.0 Å². The van der Waals surface area contributed by atoms with Crippen molar-refractivity contribution in [1.29, 1.82) is 5.26 Å². The molecule has 1 saturated heterocycles. The Balaban J connectivity index is 1.82. The Labute approximate surface area is 188 Å². The standard InChI is InChI=1S/C24H21F2N3O2S/c1-31-21-7-6-15(10-20(21)26)23-18(14-4-5-16(12-27)19(25)9-14)11-22(32-23)24(30)29-8-2-3-17(28)13-29/h4-7,9-11,17H,2-3,8,13,28H2,1H3/t17-/m1/s1. The minimum Gasteiger partial charge on any atom is -0.494 e. The lowest BCUT2D eigenvalue weighted by molar-refractivity contribution is 0.0714. The molecule has 1 fully saturated rings. The molecule has 0 bridgehead atoms. The molecule has 1 aliphatic heterocycles. The van der Waals surface area contributed by atoms with Gasteiger partial charge in [0.1, 0.15) is 11.9 Å². The second-order valence-corrected chi connectivity index (χ2v) is 8.71. The molecule has 4 rings (SSSR count). The van der Waals surface area contributed by atoms with E-state index in [2.05, 4.69) is 0 Å². The summed E-state index contributed by atoms with van der Waals surface area (Å²) < 4.78 is 33.8. The maximum atomic E-state index is 14.4. The fourth-order valence-corrected chi connectivity index (χ4v) is 5.00. The van der Waals surface area contributed by atoms with Crippen LogP contribution in [0.1, 0.15) is 28.1 Å². The maximum absolute atomic E-state index is 14.4. The van der Waals surface area contributed by atoms with Gasteiger partial charge in [0.2, 0.25) is 0 Å². The Morgan fingerprint density at radius 1 is 1.19 bits per heavy atom. The zero-order chi connectivity index (χ0) is 22.8. The zero-order valence-corrected chi connectivity index (χ0v) is 18.2. The van der Waals surface area contributed by atoms with E-state index in [1.54, 1.807) is 29.2 Å². The number of rotatable bonds is 4. The van der Waals surface area contributed by atoms with Crippen molar-refractivity contribution in [3.8, 4) is 33.4 Å². The van der Waals surface area contributed by atoms with Gasteiger partial charge in [-0.3, -0.25) is 4.79 Å². The molecule has 2 N–H and O–H groups in total. The van der Waals surface area contributed by atoms with Crippen LogP contribution in [0.5, 0.6) is 5.75 Å². The fourth-order valence-electron chi connectivity index (χ4n) is 3.86. The van der Waals surface area contributed by atoms with Gasteiger partial charge in [0.05, 0.1) is 17.6 Å². The van der Waals surface area contributed by atoms with Crippen molar-refractivity contribution in [2.75, 3.05) is 20.2 Å². The van der Waals surface area contributed by atoms with E-state index in [0.29, 0.717) is 39.5 Å². The van der Waals surface area contributed by atoms with Crippen LogP contribution in [-0.2, 0) is 0 Å². The number of carbonyl (C=O) groups excluding carboxylic acids is 1. The van der Waals surface area contributed by atoms with Crippen molar-refractivity contribution in [2.45, 2.75) is 18.9 Å². The molecule has 8 heteroatoms. The first-order valence-corrected chi connectivity index (χ1v) is 11.0. The number of hydrogen-bond donors (Lipinski definition) is 1. The van der Waals surface area contributed by atoms with Crippen molar-refractivity contribution in [2.24, 2.45) is 5.73 Å². The molecule has 0 radical (unpaired) electrons. The van der Waals surface area contributed by atoms with Crippen molar-refractivity contribution in [3.05, 3.63) is 64.5 Å². The Bertz CT molecular complexity index is 1220. The van der Waals surface area contributed by atoms with E-state index < -0.39 is 11.6 Å². The molecule has 164 valence electrons. The predicted molar refractivity (Wildman–Crippen MR) is 119 cm³/mol. The highest BCUT2D eigenvalue weighted by molar-refractivity contribution is 7.18. The minimum absolute atomic E-state index is 0.0603. The predicted octanol–water partition coefficient (Wildman–Crippen LogP) is 4.80. The number of thiophene rings is 1. The van der Waals surface area contributed by atoms with E-state index in [4.69, 9.17) is 15.7 Å². The molecular formula is C24H21F2N3O2S. The third kappa shape index (κ3) is 4.22. The minimum atomic E-state index is -0.655. The van der Waals surface area contributed by atoms with Crippen LogP contribution in [0.2, 0.25) is 0 Å². The van der Waals surface area contributed by atoms with Crippen LogP contribution >= 0.6 is 11.3 Å². The molecule has 2 heterocycles. The van der Waals surface area contributed by atoms with Gasteiger partial charge in [-0.05, 0) is 60.4 Å². The Morgan fingerprint density at radius 3 is 2.59 bits per heavy atom. The van der Waals surface area contributed by atoms with Crippen molar-refractivity contribution in [1.82, 2.24) is 4.90 Å². The lowest BCUT2D eigenvalue weighted by atomic mass is 10.0. The first-order chi connectivity index (χ1) is 15.4. The highest BCUT2D eigenvalue weighted by Gasteiger charge is 2.26. The number of ether oxygens (including phenoxy) is 1. The average molecular weight is 454 g/mol. The Hall–Kier alpha value is -3.28. The van der Waals surface area contributed by atoms with Crippen LogP contribution in [0.4, 0.5) is 8.78 Å². The van der Waals surface area contributed by atoms with Crippen molar-refractivity contribution < 1.29 is 18.3 Å². The monoisotopic (exact) mass is 453 g/mol. The smallest absolute Gasteiger partial charge is 0.264 e. The Morgan fingerprint density at radius 2 is 1.94 bits per heavy atom. The second-order valence-electron chi connectivity index (χ2n) is 7.66. The van der Waals surface area contributed by atoms with Gasteiger partial charge in [0.25, 0.3) is 5.91 Å². The number of likely N-dealkylation sites (tertiary alicyclic amines) is 1. The molecule has 5 nitrogen and oxygen atoms in total. The molecule has 1 aliphatic rings. The summed E-state index contributed by atoms with van der Waals surface area (Å²) in [7, 11) is 1.38. The quantitative estimate of drug-likeness (QED) is 0.615. The summed E-state index contributed by atoms with van der Waals surface area (Å²) in [4.78, 5) is 16.0. The fraction of sp³-hybridized carbons (Fsp3) is 0.250. The normalized spacial score (nSPS) is 16.0. The number of amides is 1. The van der Waals surface area contributed by atoms with E-state index in [1.807, 2.05) is 0 Å². The summed E-state index contributed by atoms with van der Waals surface area (Å²) in [5.41, 5.74) is 7.60. The van der Waals surface area contributed by atoms with E-state index in [1.165, 1.54) is 42.7 Å². The molecule has 1 amide bonds. The number of nitriles is 1. The molecule has 0 spiro atoms. The van der Waals surface area contributed by atoms with E-state index >= 15 is 0 Å². The van der Waals surface area contributed by atoms with E-state index in [9.17, 15) is 13.6 Å². The van der Waals surface area contributed by atoms with Gasteiger partial charge < -0.3 is 15.4 Å². The molecule has 1 atom stereocenters. The molecule has 2 aromatic carbocycles. The highest BCUT2D eigenvalue weighted by Crippen LogP contribution is 2.41. The van der Waals surface area contributed by atoms with Gasteiger partial charge in [0.15, 0.2) is 11.6 Å². The number of nitrogens with two attached hydrogens (primary N) is 1. The Kier molecular flexibility index (Phi) is 6.21. The molecule has 0 saturated carbocycles. The van der Waals surface area contributed by atoms with Gasteiger partial charge in [-0.1, -0.05) is 6.07 Å². The molecule has 3 aromatic rings.